The largest absolute Gasteiger partial charge is 0.355 e. The third-order valence-electron chi connectivity index (χ3n) is 4.31. The number of aromatic nitrogens is 5. The molecule has 22 heavy (non-hydrogen) atoms. The molecule has 0 amide bonds. The van der Waals surface area contributed by atoms with Crippen LogP contribution in [0.15, 0.2) is 24.1 Å². The van der Waals surface area contributed by atoms with E-state index in [9.17, 15) is 0 Å². The molecule has 0 spiro atoms. The lowest BCUT2D eigenvalue weighted by Crippen LogP contribution is -2.36. The first-order chi connectivity index (χ1) is 10.9. The molecule has 1 aliphatic rings. The van der Waals surface area contributed by atoms with Crippen molar-refractivity contribution in [1.29, 1.82) is 0 Å². The Morgan fingerprint density at radius 3 is 3.23 bits per heavy atom. The van der Waals surface area contributed by atoms with Gasteiger partial charge in [0.2, 0.25) is 0 Å². The van der Waals surface area contributed by atoms with E-state index in [1.807, 2.05) is 6.33 Å². The summed E-state index contributed by atoms with van der Waals surface area (Å²) in [6, 6.07) is 2.12. The van der Waals surface area contributed by atoms with Gasteiger partial charge in [-0.15, -0.1) is 21.5 Å². The summed E-state index contributed by atoms with van der Waals surface area (Å²) >= 11 is 1.67. The van der Waals surface area contributed by atoms with Crippen molar-refractivity contribution in [2.24, 2.45) is 0 Å². The average molecular weight is 314 g/mol. The number of hydrogen-bond acceptors (Lipinski definition) is 6. The van der Waals surface area contributed by atoms with Crippen LogP contribution in [0.5, 0.6) is 0 Å². The molecular formula is C15H18N6S. The molecule has 3 aromatic heterocycles. The van der Waals surface area contributed by atoms with Gasteiger partial charge in [-0.25, -0.2) is 9.97 Å². The van der Waals surface area contributed by atoms with Crippen molar-refractivity contribution in [3.05, 3.63) is 29.9 Å². The third kappa shape index (κ3) is 2.25. The maximum atomic E-state index is 4.54. The van der Waals surface area contributed by atoms with Gasteiger partial charge in [0, 0.05) is 25.6 Å². The van der Waals surface area contributed by atoms with Crippen LogP contribution in [0, 0.1) is 0 Å². The van der Waals surface area contributed by atoms with Crippen molar-refractivity contribution in [3.8, 4) is 0 Å². The second-order valence-electron chi connectivity index (χ2n) is 5.60. The molecule has 1 fully saturated rings. The zero-order valence-corrected chi connectivity index (χ0v) is 13.3. The Bertz CT molecular complexity index is 779. The predicted molar refractivity (Wildman–Crippen MR) is 87.3 cm³/mol. The number of nitrogens with zero attached hydrogens (tertiary/aromatic N) is 6. The Balaban J connectivity index is 1.65. The van der Waals surface area contributed by atoms with Crippen LogP contribution in [0.4, 0.5) is 5.82 Å². The summed E-state index contributed by atoms with van der Waals surface area (Å²) in [5.41, 5.74) is 0. The Morgan fingerprint density at radius 2 is 2.32 bits per heavy atom. The quantitative estimate of drug-likeness (QED) is 0.744. The van der Waals surface area contributed by atoms with Crippen molar-refractivity contribution in [2.75, 3.05) is 18.0 Å². The maximum Gasteiger partial charge on any atom is 0.140 e. The third-order valence-corrected chi connectivity index (χ3v) is 5.13. The molecule has 1 unspecified atom stereocenters. The number of aryl methyl sites for hydroxylation is 1. The van der Waals surface area contributed by atoms with E-state index >= 15 is 0 Å². The molecule has 1 saturated heterocycles. The van der Waals surface area contributed by atoms with Gasteiger partial charge in [0.15, 0.2) is 0 Å². The lowest BCUT2D eigenvalue weighted by Gasteiger charge is -2.33. The molecule has 6 nitrogen and oxygen atoms in total. The van der Waals surface area contributed by atoms with Crippen LogP contribution in [0.25, 0.3) is 10.2 Å². The monoisotopic (exact) mass is 314 g/mol. The summed E-state index contributed by atoms with van der Waals surface area (Å²) in [4.78, 5) is 12.3. The summed E-state index contributed by atoms with van der Waals surface area (Å²) in [5, 5.41) is 11.7. The Kier molecular flexibility index (Phi) is 3.49. The number of thiophene rings is 1. The van der Waals surface area contributed by atoms with Crippen LogP contribution >= 0.6 is 11.3 Å². The fraction of sp³-hybridized carbons (Fsp3) is 0.467. The number of piperidine rings is 1. The number of fused-ring (bicyclic) bond motifs is 1. The van der Waals surface area contributed by atoms with Gasteiger partial charge in [-0.3, -0.25) is 0 Å². The molecule has 1 aliphatic heterocycles. The Hall–Kier alpha value is -2.02. The van der Waals surface area contributed by atoms with E-state index in [-0.39, 0.29) is 0 Å². The van der Waals surface area contributed by atoms with Gasteiger partial charge >= 0.3 is 0 Å². The molecule has 114 valence electrons. The number of anilines is 1. The molecule has 4 heterocycles. The lowest BCUT2D eigenvalue weighted by molar-refractivity contribution is 0.471. The first-order valence-electron chi connectivity index (χ1n) is 7.67. The zero-order valence-electron chi connectivity index (χ0n) is 12.5. The zero-order chi connectivity index (χ0) is 14.9. The molecule has 0 aliphatic carbocycles. The summed E-state index contributed by atoms with van der Waals surface area (Å²) in [6.45, 7) is 5.03. The summed E-state index contributed by atoms with van der Waals surface area (Å²) < 4.78 is 2.15. The first-order valence-corrected chi connectivity index (χ1v) is 8.55. The number of hydrogen-bond donors (Lipinski definition) is 0. The van der Waals surface area contributed by atoms with Crippen molar-refractivity contribution in [3.63, 3.8) is 0 Å². The van der Waals surface area contributed by atoms with E-state index < -0.39 is 0 Å². The smallest absolute Gasteiger partial charge is 0.140 e. The van der Waals surface area contributed by atoms with Crippen molar-refractivity contribution in [1.82, 2.24) is 24.7 Å². The summed E-state index contributed by atoms with van der Waals surface area (Å²) in [7, 11) is 0. The molecule has 3 aromatic rings. The van der Waals surface area contributed by atoms with Gasteiger partial charge in [0.25, 0.3) is 0 Å². The van der Waals surface area contributed by atoms with E-state index in [2.05, 4.69) is 48.0 Å². The van der Waals surface area contributed by atoms with E-state index in [1.165, 1.54) is 0 Å². The molecule has 0 saturated carbocycles. The minimum absolute atomic E-state index is 0.417. The van der Waals surface area contributed by atoms with Crippen LogP contribution in [0.2, 0.25) is 0 Å². The standard InChI is InChI=1S/C15H18N6S/c1-2-20-10-18-19-13(20)11-4-3-6-21(8-11)14-12-5-7-22-15(12)17-9-16-14/h5,7,9-11H,2-4,6,8H2,1H3. The molecule has 7 heteroatoms. The summed E-state index contributed by atoms with van der Waals surface area (Å²) in [6.07, 6.45) is 5.81. The number of rotatable bonds is 3. The van der Waals surface area contributed by atoms with Gasteiger partial charge in [-0.2, -0.15) is 0 Å². The van der Waals surface area contributed by atoms with Crippen LogP contribution in [-0.4, -0.2) is 37.8 Å². The second kappa shape index (κ2) is 5.64. The van der Waals surface area contributed by atoms with Crippen molar-refractivity contribution < 1.29 is 0 Å². The summed E-state index contributed by atoms with van der Waals surface area (Å²) in [5.74, 6) is 2.57. The maximum absolute atomic E-state index is 4.54. The van der Waals surface area contributed by atoms with Crippen LogP contribution in [-0.2, 0) is 6.54 Å². The van der Waals surface area contributed by atoms with Crippen molar-refractivity contribution in [2.45, 2.75) is 32.2 Å². The highest BCUT2D eigenvalue weighted by atomic mass is 32.1. The van der Waals surface area contributed by atoms with Gasteiger partial charge in [-0.1, -0.05) is 0 Å². The van der Waals surface area contributed by atoms with Crippen LogP contribution < -0.4 is 4.90 Å². The van der Waals surface area contributed by atoms with E-state index in [1.54, 1.807) is 17.7 Å². The van der Waals surface area contributed by atoms with Crippen molar-refractivity contribution >= 4 is 27.4 Å². The highest BCUT2D eigenvalue weighted by Crippen LogP contribution is 2.32. The SMILES string of the molecule is CCn1cnnc1C1CCCN(c2ncnc3sccc23)C1. The van der Waals surface area contributed by atoms with Crippen LogP contribution in [0.1, 0.15) is 31.5 Å². The fourth-order valence-electron chi connectivity index (χ4n) is 3.23. The molecule has 0 N–H and O–H groups in total. The van der Waals surface area contributed by atoms with Gasteiger partial charge in [-0.05, 0) is 31.2 Å². The molecular weight excluding hydrogens is 296 g/mol. The highest BCUT2D eigenvalue weighted by molar-refractivity contribution is 7.16. The van der Waals surface area contributed by atoms with E-state index in [4.69, 9.17) is 0 Å². The second-order valence-corrected chi connectivity index (χ2v) is 6.49. The first kappa shape index (κ1) is 13.6. The van der Waals surface area contributed by atoms with Gasteiger partial charge < -0.3 is 9.47 Å². The molecule has 1 atom stereocenters. The Morgan fingerprint density at radius 1 is 1.36 bits per heavy atom. The van der Waals surface area contributed by atoms with Gasteiger partial charge in [0.05, 0.1) is 5.39 Å². The molecule has 0 bridgehead atoms. The topological polar surface area (TPSA) is 59.7 Å². The van der Waals surface area contributed by atoms with Crippen LogP contribution in [0.3, 0.4) is 0 Å². The minimum atomic E-state index is 0.417. The average Bonchev–Trinajstić information content (AvgIpc) is 3.23. The predicted octanol–water partition coefficient (Wildman–Crippen LogP) is 2.69. The lowest BCUT2D eigenvalue weighted by atomic mass is 9.97. The van der Waals surface area contributed by atoms with E-state index in [0.29, 0.717) is 5.92 Å². The highest BCUT2D eigenvalue weighted by Gasteiger charge is 2.26. The molecule has 4 rings (SSSR count). The fourth-order valence-corrected chi connectivity index (χ4v) is 3.96. The minimum Gasteiger partial charge on any atom is -0.355 e. The molecule has 0 aromatic carbocycles. The molecule has 0 radical (unpaired) electrons. The van der Waals surface area contributed by atoms with Gasteiger partial charge in [0.1, 0.15) is 29.1 Å². The van der Waals surface area contributed by atoms with E-state index in [0.717, 1.165) is 54.3 Å². The Labute approximate surface area is 132 Å². The normalized spacial score (nSPS) is 19.0.